The molecule has 5 nitrogen and oxygen atoms in total. The Hall–Kier alpha value is -3.64. The molecule has 1 N–H and O–H groups in total. The maximum atomic E-state index is 11.3. The second kappa shape index (κ2) is 12.9. The predicted octanol–water partition coefficient (Wildman–Crippen LogP) is 6.94. The molecule has 0 amide bonds. The molecule has 36 heavy (non-hydrogen) atoms. The van der Waals surface area contributed by atoms with Crippen molar-refractivity contribution in [3.63, 3.8) is 0 Å². The Kier molecular flexibility index (Phi) is 9.11. The van der Waals surface area contributed by atoms with Crippen LogP contribution in [-0.2, 0) is 29.0 Å². The van der Waals surface area contributed by atoms with Crippen molar-refractivity contribution in [2.24, 2.45) is 0 Å². The number of carbonyl (C=O) groups excluding carboxylic acids is 1. The first-order valence-electron chi connectivity index (χ1n) is 12.4. The second-order valence-electron chi connectivity index (χ2n) is 8.71. The van der Waals surface area contributed by atoms with E-state index in [0.717, 1.165) is 53.6 Å². The average Bonchev–Trinajstić information content (AvgIpc) is 3.40. The standard InChI is InChI=1S/C30H33N3O2S/c1-3-19-33(21-29-32-28(22-36-29)25-7-5-4-6-8-25)27-16-11-24(12-17-27)20-31-26-14-9-23(10-15-26)13-18-30(34)35-2/h4-12,14-17,22,31H,3,13,18-21H2,1-2H3. The minimum Gasteiger partial charge on any atom is -0.469 e. The number of hydrogen-bond donors (Lipinski definition) is 1. The van der Waals surface area contributed by atoms with E-state index in [1.807, 2.05) is 6.07 Å². The van der Waals surface area contributed by atoms with Gasteiger partial charge in [-0.2, -0.15) is 0 Å². The van der Waals surface area contributed by atoms with E-state index in [9.17, 15) is 4.79 Å². The van der Waals surface area contributed by atoms with Crippen LogP contribution in [0.15, 0.2) is 84.2 Å². The van der Waals surface area contributed by atoms with Crippen molar-refractivity contribution in [1.82, 2.24) is 4.98 Å². The number of anilines is 2. The molecule has 186 valence electrons. The van der Waals surface area contributed by atoms with E-state index < -0.39 is 0 Å². The molecular formula is C30H33N3O2S. The van der Waals surface area contributed by atoms with Crippen molar-refractivity contribution in [2.45, 2.75) is 39.3 Å². The quantitative estimate of drug-likeness (QED) is 0.214. The monoisotopic (exact) mass is 499 g/mol. The highest BCUT2D eigenvalue weighted by Gasteiger charge is 2.11. The lowest BCUT2D eigenvalue weighted by atomic mass is 10.1. The van der Waals surface area contributed by atoms with Gasteiger partial charge in [-0.25, -0.2) is 4.98 Å². The lowest BCUT2D eigenvalue weighted by Crippen LogP contribution is -2.23. The van der Waals surface area contributed by atoms with Crippen LogP contribution in [0.3, 0.4) is 0 Å². The van der Waals surface area contributed by atoms with Gasteiger partial charge in [0.15, 0.2) is 0 Å². The number of thiazole rings is 1. The number of rotatable bonds is 12. The number of benzene rings is 3. The zero-order chi connectivity index (χ0) is 25.2. The molecule has 0 radical (unpaired) electrons. The molecular weight excluding hydrogens is 466 g/mol. The molecule has 0 aliphatic rings. The summed E-state index contributed by atoms with van der Waals surface area (Å²) in [5.41, 5.74) is 6.84. The van der Waals surface area contributed by atoms with Crippen LogP contribution in [0.4, 0.5) is 11.4 Å². The van der Waals surface area contributed by atoms with Crippen molar-refractivity contribution in [3.8, 4) is 11.3 Å². The number of aryl methyl sites for hydroxylation is 1. The molecule has 6 heteroatoms. The van der Waals surface area contributed by atoms with E-state index >= 15 is 0 Å². The zero-order valence-corrected chi connectivity index (χ0v) is 21.8. The number of hydrogen-bond acceptors (Lipinski definition) is 6. The molecule has 3 aromatic carbocycles. The number of methoxy groups -OCH3 is 1. The SMILES string of the molecule is CCCN(Cc1nc(-c2ccccc2)cs1)c1ccc(CNc2ccc(CCC(=O)OC)cc2)cc1. The van der Waals surface area contributed by atoms with Crippen molar-refractivity contribution >= 4 is 28.7 Å². The average molecular weight is 500 g/mol. The van der Waals surface area contributed by atoms with Gasteiger partial charge in [0.1, 0.15) is 5.01 Å². The Morgan fingerprint density at radius 3 is 2.39 bits per heavy atom. The molecule has 0 bridgehead atoms. The Morgan fingerprint density at radius 2 is 1.69 bits per heavy atom. The van der Waals surface area contributed by atoms with E-state index in [1.165, 1.54) is 18.4 Å². The third-order valence-electron chi connectivity index (χ3n) is 6.04. The highest BCUT2D eigenvalue weighted by Crippen LogP contribution is 2.25. The normalized spacial score (nSPS) is 10.7. The number of carbonyl (C=O) groups is 1. The Labute approximate surface area is 217 Å². The molecule has 4 aromatic rings. The van der Waals surface area contributed by atoms with Gasteiger partial charge < -0.3 is 15.0 Å². The van der Waals surface area contributed by atoms with Gasteiger partial charge in [0.25, 0.3) is 0 Å². The maximum absolute atomic E-state index is 11.3. The molecule has 1 heterocycles. The largest absolute Gasteiger partial charge is 0.469 e. The van der Waals surface area contributed by atoms with E-state index in [0.29, 0.717) is 12.8 Å². The molecule has 1 aromatic heterocycles. The second-order valence-corrected chi connectivity index (χ2v) is 9.65. The van der Waals surface area contributed by atoms with Gasteiger partial charge in [0, 0.05) is 41.8 Å². The Balaban J connectivity index is 1.33. The van der Waals surface area contributed by atoms with Crippen LogP contribution in [0.5, 0.6) is 0 Å². The van der Waals surface area contributed by atoms with Gasteiger partial charge in [-0.3, -0.25) is 4.79 Å². The van der Waals surface area contributed by atoms with E-state index in [2.05, 4.69) is 95.3 Å². The van der Waals surface area contributed by atoms with Crippen LogP contribution in [-0.4, -0.2) is 24.6 Å². The minimum absolute atomic E-state index is 0.179. The summed E-state index contributed by atoms with van der Waals surface area (Å²) in [6.45, 7) is 4.76. The fourth-order valence-electron chi connectivity index (χ4n) is 4.02. The molecule has 0 saturated carbocycles. The smallest absolute Gasteiger partial charge is 0.305 e. The summed E-state index contributed by atoms with van der Waals surface area (Å²) in [4.78, 5) is 18.6. The number of ether oxygens (including phenoxy) is 1. The molecule has 0 spiro atoms. The van der Waals surface area contributed by atoms with E-state index in [1.54, 1.807) is 11.3 Å². The summed E-state index contributed by atoms with van der Waals surface area (Å²) in [7, 11) is 1.42. The molecule has 4 rings (SSSR count). The molecule has 0 saturated heterocycles. The first-order valence-corrected chi connectivity index (χ1v) is 13.3. The number of nitrogens with zero attached hydrogens (tertiary/aromatic N) is 2. The van der Waals surface area contributed by atoms with Gasteiger partial charge in [-0.15, -0.1) is 11.3 Å². The Bertz CT molecular complexity index is 1220. The van der Waals surface area contributed by atoms with Gasteiger partial charge >= 0.3 is 5.97 Å². The van der Waals surface area contributed by atoms with Crippen molar-refractivity contribution < 1.29 is 9.53 Å². The van der Waals surface area contributed by atoms with Crippen molar-refractivity contribution in [3.05, 3.63) is 100 Å². The lowest BCUT2D eigenvalue weighted by molar-refractivity contribution is -0.140. The summed E-state index contributed by atoms with van der Waals surface area (Å²) in [6.07, 6.45) is 2.18. The van der Waals surface area contributed by atoms with E-state index in [-0.39, 0.29) is 5.97 Å². The highest BCUT2D eigenvalue weighted by atomic mass is 32.1. The molecule has 0 aliphatic carbocycles. The third-order valence-corrected chi connectivity index (χ3v) is 6.87. The summed E-state index contributed by atoms with van der Waals surface area (Å²) in [5, 5.41) is 6.76. The van der Waals surface area contributed by atoms with Crippen molar-refractivity contribution in [1.29, 1.82) is 0 Å². The fourth-order valence-corrected chi connectivity index (χ4v) is 4.84. The van der Waals surface area contributed by atoms with Gasteiger partial charge in [-0.05, 0) is 48.2 Å². The summed E-state index contributed by atoms with van der Waals surface area (Å²) in [5.74, 6) is -0.179. The van der Waals surface area contributed by atoms with Crippen LogP contribution < -0.4 is 10.2 Å². The molecule has 0 fully saturated rings. The topological polar surface area (TPSA) is 54.5 Å². The van der Waals surface area contributed by atoms with Gasteiger partial charge in [-0.1, -0.05) is 61.5 Å². The van der Waals surface area contributed by atoms with Crippen LogP contribution in [0, 0.1) is 0 Å². The van der Waals surface area contributed by atoms with Crippen LogP contribution in [0.1, 0.15) is 35.9 Å². The first-order chi connectivity index (χ1) is 17.6. The van der Waals surface area contributed by atoms with Crippen LogP contribution in [0.25, 0.3) is 11.3 Å². The summed E-state index contributed by atoms with van der Waals surface area (Å²) in [6, 6.07) is 27.4. The molecule has 0 aliphatic heterocycles. The fraction of sp³-hybridized carbons (Fsp3) is 0.267. The molecule has 0 unspecified atom stereocenters. The molecule has 0 atom stereocenters. The number of esters is 1. The minimum atomic E-state index is -0.179. The summed E-state index contributed by atoms with van der Waals surface area (Å²) < 4.78 is 4.71. The van der Waals surface area contributed by atoms with Crippen LogP contribution >= 0.6 is 11.3 Å². The first kappa shape index (κ1) is 25.5. The summed E-state index contributed by atoms with van der Waals surface area (Å²) >= 11 is 1.72. The number of nitrogens with one attached hydrogen (secondary N) is 1. The Morgan fingerprint density at radius 1 is 0.972 bits per heavy atom. The van der Waals surface area contributed by atoms with Crippen LogP contribution in [0.2, 0.25) is 0 Å². The van der Waals surface area contributed by atoms with Gasteiger partial charge in [0.2, 0.25) is 0 Å². The maximum Gasteiger partial charge on any atom is 0.305 e. The predicted molar refractivity (Wildman–Crippen MR) is 149 cm³/mol. The lowest BCUT2D eigenvalue weighted by Gasteiger charge is -2.23. The van der Waals surface area contributed by atoms with E-state index in [4.69, 9.17) is 9.72 Å². The zero-order valence-electron chi connectivity index (χ0n) is 20.9. The van der Waals surface area contributed by atoms with Crippen molar-refractivity contribution in [2.75, 3.05) is 23.9 Å². The highest BCUT2D eigenvalue weighted by molar-refractivity contribution is 7.10. The van der Waals surface area contributed by atoms with Gasteiger partial charge in [0.05, 0.1) is 19.3 Å². The number of aromatic nitrogens is 1. The third kappa shape index (κ3) is 7.18.